The number of sulfonamides is 1. The first-order valence-corrected chi connectivity index (χ1v) is 8.65. The maximum atomic E-state index is 12.0. The van der Waals surface area contributed by atoms with Gasteiger partial charge in [-0.2, -0.15) is 0 Å². The molecule has 0 saturated carbocycles. The van der Waals surface area contributed by atoms with Crippen LogP contribution in [-0.2, 0) is 10.0 Å². The molecule has 0 aliphatic rings. The normalized spacial score (nSPS) is 11.6. The Morgan fingerprint density at radius 3 is 2.36 bits per heavy atom. The molecule has 8 heteroatoms. The Bertz CT molecular complexity index is 535. The van der Waals surface area contributed by atoms with Gasteiger partial charge in [-0.25, -0.2) is 13.1 Å². The quantitative estimate of drug-likeness (QED) is 0.248. The van der Waals surface area contributed by atoms with E-state index in [0.717, 1.165) is 19.5 Å². The van der Waals surface area contributed by atoms with Crippen molar-refractivity contribution in [1.29, 1.82) is 0 Å². The van der Waals surface area contributed by atoms with Crippen molar-refractivity contribution in [3.8, 4) is 0 Å². The van der Waals surface area contributed by atoms with Crippen LogP contribution in [-0.4, -0.2) is 40.6 Å². The standard InChI is InChI=1S/C14H24N4O2S.HI/c1-3-10-16-14(15-4-2)17-11-12-18-21(19,20)13-8-6-5-7-9-13;/h5-9,18H,3-4,10-12H2,1-2H3,(H2,15,16,17);1H. The van der Waals surface area contributed by atoms with E-state index in [9.17, 15) is 8.42 Å². The lowest BCUT2D eigenvalue weighted by Crippen LogP contribution is -2.41. The fourth-order valence-corrected chi connectivity index (χ4v) is 2.67. The number of hydrogen-bond acceptors (Lipinski definition) is 3. The monoisotopic (exact) mass is 440 g/mol. The highest BCUT2D eigenvalue weighted by molar-refractivity contribution is 14.0. The van der Waals surface area contributed by atoms with Gasteiger partial charge in [-0.05, 0) is 25.5 Å². The van der Waals surface area contributed by atoms with Crippen LogP contribution in [0.4, 0.5) is 0 Å². The summed E-state index contributed by atoms with van der Waals surface area (Å²) >= 11 is 0. The first kappa shape index (κ1) is 21.1. The van der Waals surface area contributed by atoms with Gasteiger partial charge in [0.05, 0.1) is 4.90 Å². The number of halogens is 1. The molecular weight excluding hydrogens is 415 g/mol. The van der Waals surface area contributed by atoms with Crippen LogP contribution in [0.1, 0.15) is 20.3 Å². The number of hydrogen-bond donors (Lipinski definition) is 3. The first-order chi connectivity index (χ1) is 10.1. The maximum absolute atomic E-state index is 12.0. The number of benzene rings is 1. The summed E-state index contributed by atoms with van der Waals surface area (Å²) in [6.07, 6.45) is 0.969. The topological polar surface area (TPSA) is 82.6 Å². The first-order valence-electron chi connectivity index (χ1n) is 7.17. The van der Waals surface area contributed by atoms with Crippen molar-refractivity contribution in [2.45, 2.75) is 25.2 Å². The second-order valence-electron chi connectivity index (χ2n) is 4.40. The molecule has 3 N–H and O–H groups in total. The summed E-state index contributed by atoms with van der Waals surface area (Å²) in [5.41, 5.74) is 0. The van der Waals surface area contributed by atoms with Crippen molar-refractivity contribution in [2.75, 3.05) is 26.2 Å². The predicted molar refractivity (Wildman–Crippen MR) is 101 cm³/mol. The summed E-state index contributed by atoms with van der Waals surface area (Å²) in [6, 6.07) is 8.33. The minimum Gasteiger partial charge on any atom is -0.357 e. The summed E-state index contributed by atoms with van der Waals surface area (Å²) in [7, 11) is -3.44. The van der Waals surface area contributed by atoms with Gasteiger partial charge in [0.25, 0.3) is 0 Å². The van der Waals surface area contributed by atoms with Crippen molar-refractivity contribution in [2.24, 2.45) is 4.99 Å². The van der Waals surface area contributed by atoms with Gasteiger partial charge in [-0.3, -0.25) is 4.99 Å². The minimum atomic E-state index is -3.44. The molecular formula is C14H25IN4O2S. The summed E-state index contributed by atoms with van der Waals surface area (Å²) in [5.74, 6) is 0.707. The molecule has 1 aromatic rings. The van der Waals surface area contributed by atoms with Gasteiger partial charge in [0.1, 0.15) is 0 Å². The molecule has 0 radical (unpaired) electrons. The molecule has 0 spiro atoms. The Hall–Kier alpha value is -0.870. The lowest BCUT2D eigenvalue weighted by atomic mass is 10.4. The zero-order valence-electron chi connectivity index (χ0n) is 13.0. The van der Waals surface area contributed by atoms with Gasteiger partial charge in [0.15, 0.2) is 5.96 Å². The molecule has 0 aromatic heterocycles. The lowest BCUT2D eigenvalue weighted by Gasteiger charge is -2.12. The number of guanidine groups is 1. The van der Waals surface area contributed by atoms with E-state index in [4.69, 9.17) is 0 Å². The van der Waals surface area contributed by atoms with Crippen LogP contribution in [0.2, 0.25) is 0 Å². The Kier molecular flexibility index (Phi) is 11.2. The molecule has 0 unspecified atom stereocenters. The van der Waals surface area contributed by atoms with E-state index in [0.29, 0.717) is 19.0 Å². The van der Waals surface area contributed by atoms with Crippen molar-refractivity contribution in [3.63, 3.8) is 0 Å². The summed E-state index contributed by atoms with van der Waals surface area (Å²) in [5, 5.41) is 6.20. The largest absolute Gasteiger partial charge is 0.357 e. The summed E-state index contributed by atoms with van der Waals surface area (Å²) in [4.78, 5) is 4.62. The summed E-state index contributed by atoms with van der Waals surface area (Å²) < 4.78 is 26.5. The van der Waals surface area contributed by atoms with Crippen molar-refractivity contribution >= 4 is 40.0 Å². The van der Waals surface area contributed by atoms with Crippen LogP contribution in [0.3, 0.4) is 0 Å². The summed E-state index contributed by atoms with van der Waals surface area (Å²) in [6.45, 7) is 6.33. The zero-order chi connectivity index (χ0) is 15.6. The van der Waals surface area contributed by atoms with Gasteiger partial charge in [-0.15, -0.1) is 24.0 Å². The lowest BCUT2D eigenvalue weighted by molar-refractivity contribution is 0.580. The Morgan fingerprint density at radius 1 is 1.09 bits per heavy atom. The third-order valence-corrected chi connectivity index (χ3v) is 4.08. The molecule has 0 aliphatic heterocycles. The SMILES string of the molecule is CCCN=C(NCC)NCCNS(=O)(=O)c1ccccc1.I. The highest BCUT2D eigenvalue weighted by Crippen LogP contribution is 2.06. The predicted octanol–water partition coefficient (Wildman–Crippen LogP) is 1.55. The average Bonchev–Trinajstić information content (AvgIpc) is 2.50. The van der Waals surface area contributed by atoms with Crippen LogP contribution >= 0.6 is 24.0 Å². The van der Waals surface area contributed by atoms with E-state index in [-0.39, 0.29) is 28.9 Å². The zero-order valence-corrected chi connectivity index (χ0v) is 16.1. The number of rotatable bonds is 8. The Morgan fingerprint density at radius 2 is 1.77 bits per heavy atom. The van der Waals surface area contributed by atoms with Crippen LogP contribution < -0.4 is 15.4 Å². The fourth-order valence-electron chi connectivity index (χ4n) is 1.61. The van der Waals surface area contributed by atoms with E-state index in [1.165, 1.54) is 0 Å². The molecule has 1 aromatic carbocycles. The highest BCUT2D eigenvalue weighted by Gasteiger charge is 2.11. The maximum Gasteiger partial charge on any atom is 0.240 e. The molecule has 22 heavy (non-hydrogen) atoms. The molecule has 0 bridgehead atoms. The number of aliphatic imine (C=N–C) groups is 1. The van der Waals surface area contributed by atoms with Crippen LogP contribution in [0.15, 0.2) is 40.2 Å². The molecule has 0 atom stereocenters. The number of nitrogens with one attached hydrogen (secondary N) is 3. The average molecular weight is 440 g/mol. The second-order valence-corrected chi connectivity index (χ2v) is 6.17. The minimum absolute atomic E-state index is 0. The molecule has 0 fully saturated rings. The van der Waals surface area contributed by atoms with E-state index < -0.39 is 10.0 Å². The van der Waals surface area contributed by atoms with E-state index in [1.54, 1.807) is 30.3 Å². The highest BCUT2D eigenvalue weighted by atomic mass is 127. The third-order valence-electron chi connectivity index (χ3n) is 2.60. The Balaban J connectivity index is 0.00000441. The molecule has 126 valence electrons. The van der Waals surface area contributed by atoms with Gasteiger partial charge in [-0.1, -0.05) is 25.1 Å². The van der Waals surface area contributed by atoms with E-state index >= 15 is 0 Å². The van der Waals surface area contributed by atoms with Crippen molar-refractivity contribution in [3.05, 3.63) is 30.3 Å². The molecule has 0 aliphatic carbocycles. The van der Waals surface area contributed by atoms with Crippen LogP contribution in [0.5, 0.6) is 0 Å². The van der Waals surface area contributed by atoms with E-state index in [1.807, 2.05) is 6.92 Å². The van der Waals surface area contributed by atoms with Crippen molar-refractivity contribution in [1.82, 2.24) is 15.4 Å². The van der Waals surface area contributed by atoms with Gasteiger partial charge >= 0.3 is 0 Å². The molecule has 0 saturated heterocycles. The number of nitrogens with zero attached hydrogens (tertiary/aromatic N) is 1. The van der Waals surface area contributed by atoms with Gasteiger partial charge in [0, 0.05) is 26.2 Å². The van der Waals surface area contributed by atoms with Crippen LogP contribution in [0.25, 0.3) is 0 Å². The Labute approximate surface area is 150 Å². The van der Waals surface area contributed by atoms with Gasteiger partial charge < -0.3 is 10.6 Å². The van der Waals surface area contributed by atoms with E-state index in [2.05, 4.69) is 27.3 Å². The molecule has 1 rings (SSSR count). The van der Waals surface area contributed by atoms with Crippen molar-refractivity contribution < 1.29 is 8.42 Å². The third kappa shape index (κ3) is 7.95. The second kappa shape index (κ2) is 11.7. The molecule has 0 amide bonds. The molecule has 6 nitrogen and oxygen atoms in total. The van der Waals surface area contributed by atoms with Crippen LogP contribution in [0, 0.1) is 0 Å². The van der Waals surface area contributed by atoms with Gasteiger partial charge in [0.2, 0.25) is 10.0 Å². The molecule has 0 heterocycles. The fraction of sp³-hybridized carbons (Fsp3) is 0.500. The smallest absolute Gasteiger partial charge is 0.240 e.